The van der Waals surface area contributed by atoms with E-state index in [1.165, 1.54) is 6.08 Å². The van der Waals surface area contributed by atoms with Gasteiger partial charge in [-0.05, 0) is 24.3 Å². The normalized spacial score (nSPS) is 14.4. The van der Waals surface area contributed by atoms with Crippen LogP contribution in [0.1, 0.15) is 0 Å². The minimum atomic E-state index is -0.0363. The Hall–Kier alpha value is -2.92. The maximum absolute atomic E-state index is 11.8. The van der Waals surface area contributed by atoms with Gasteiger partial charge in [-0.25, -0.2) is 9.97 Å². The van der Waals surface area contributed by atoms with E-state index in [9.17, 15) is 4.79 Å². The van der Waals surface area contributed by atoms with E-state index in [4.69, 9.17) is 21.6 Å². The largest absolute Gasteiger partial charge is 0.337 e. The van der Waals surface area contributed by atoms with Crippen molar-refractivity contribution in [3.05, 3.63) is 66.2 Å². The van der Waals surface area contributed by atoms with Crippen molar-refractivity contribution in [1.82, 2.24) is 14.9 Å². The van der Waals surface area contributed by atoms with Crippen molar-refractivity contribution >= 4 is 34.4 Å². The van der Waals surface area contributed by atoms with Crippen LogP contribution in [-0.2, 0) is 4.79 Å². The van der Waals surface area contributed by atoms with Crippen LogP contribution in [0.2, 0.25) is 5.02 Å². The van der Waals surface area contributed by atoms with E-state index in [2.05, 4.69) is 11.5 Å². The number of carbonyl (C=O) groups is 1. The monoisotopic (exact) mass is 378 g/mol. The van der Waals surface area contributed by atoms with Crippen LogP contribution in [0.5, 0.6) is 0 Å². The first-order valence-electron chi connectivity index (χ1n) is 8.85. The molecule has 27 heavy (non-hydrogen) atoms. The molecule has 0 bridgehead atoms. The van der Waals surface area contributed by atoms with Crippen molar-refractivity contribution in [1.29, 1.82) is 0 Å². The molecule has 0 N–H and O–H groups in total. The zero-order chi connectivity index (χ0) is 18.8. The highest BCUT2D eigenvalue weighted by atomic mass is 35.5. The Balaban J connectivity index is 1.74. The van der Waals surface area contributed by atoms with Crippen molar-refractivity contribution in [2.75, 3.05) is 31.1 Å². The summed E-state index contributed by atoms with van der Waals surface area (Å²) >= 11 is 6.20. The number of hydrogen-bond acceptors (Lipinski definition) is 4. The molecule has 1 amide bonds. The number of rotatable bonds is 3. The van der Waals surface area contributed by atoms with Gasteiger partial charge in [-0.15, -0.1) is 0 Å². The van der Waals surface area contributed by atoms with Gasteiger partial charge in [0.15, 0.2) is 0 Å². The Morgan fingerprint density at radius 2 is 1.78 bits per heavy atom. The Bertz CT molecular complexity index is 998. The van der Waals surface area contributed by atoms with E-state index in [0.717, 1.165) is 22.2 Å². The molecule has 1 aromatic heterocycles. The third kappa shape index (κ3) is 3.51. The van der Waals surface area contributed by atoms with E-state index < -0.39 is 0 Å². The second-order valence-corrected chi connectivity index (χ2v) is 6.85. The summed E-state index contributed by atoms with van der Waals surface area (Å²) in [4.78, 5) is 25.3. The third-order valence-corrected chi connectivity index (χ3v) is 4.98. The van der Waals surface area contributed by atoms with Gasteiger partial charge in [-0.1, -0.05) is 48.5 Å². The van der Waals surface area contributed by atoms with Crippen molar-refractivity contribution < 1.29 is 4.79 Å². The molecular formula is C21H19ClN4O. The highest BCUT2D eigenvalue weighted by molar-refractivity contribution is 6.31. The number of hydrogen-bond donors (Lipinski definition) is 0. The zero-order valence-corrected chi connectivity index (χ0v) is 15.6. The average Bonchev–Trinajstić information content (AvgIpc) is 2.73. The summed E-state index contributed by atoms with van der Waals surface area (Å²) < 4.78 is 0. The van der Waals surface area contributed by atoms with Crippen LogP contribution in [0, 0.1) is 0 Å². The first-order valence-corrected chi connectivity index (χ1v) is 9.22. The molecule has 0 spiro atoms. The smallest absolute Gasteiger partial charge is 0.246 e. The van der Waals surface area contributed by atoms with Crippen LogP contribution in [0.25, 0.3) is 22.2 Å². The second-order valence-electron chi connectivity index (χ2n) is 6.42. The standard InChI is InChI=1S/C21H19ClN4O/c1-2-19(27)25-10-12-26(13-11-25)21-23-18-14-16(22)8-9-17(18)20(24-21)15-6-4-3-5-7-15/h2-9,14H,1,10-13H2. The molecule has 4 rings (SSSR count). The number of amides is 1. The summed E-state index contributed by atoms with van der Waals surface area (Å²) in [6.45, 7) is 6.17. The van der Waals surface area contributed by atoms with E-state index in [1.54, 1.807) is 4.90 Å². The summed E-state index contributed by atoms with van der Waals surface area (Å²) in [6, 6.07) is 15.8. The number of aromatic nitrogens is 2. The summed E-state index contributed by atoms with van der Waals surface area (Å²) in [5.74, 6) is 0.625. The number of benzene rings is 2. The quantitative estimate of drug-likeness (QED) is 0.651. The minimum Gasteiger partial charge on any atom is -0.337 e. The number of fused-ring (bicyclic) bond motifs is 1. The Kier molecular flexibility index (Phi) is 4.77. The number of anilines is 1. The summed E-state index contributed by atoms with van der Waals surface area (Å²) in [7, 11) is 0. The predicted molar refractivity (Wildman–Crippen MR) is 109 cm³/mol. The second kappa shape index (κ2) is 7.37. The van der Waals surface area contributed by atoms with Crippen LogP contribution in [0.15, 0.2) is 61.2 Å². The van der Waals surface area contributed by atoms with Gasteiger partial charge in [-0.3, -0.25) is 4.79 Å². The summed E-state index contributed by atoms with van der Waals surface area (Å²) in [5, 5.41) is 1.61. The van der Waals surface area contributed by atoms with Crippen LogP contribution in [-0.4, -0.2) is 47.0 Å². The molecule has 0 aliphatic carbocycles. The van der Waals surface area contributed by atoms with Gasteiger partial charge in [0.1, 0.15) is 0 Å². The topological polar surface area (TPSA) is 49.3 Å². The number of carbonyl (C=O) groups excluding carboxylic acids is 1. The Morgan fingerprint density at radius 3 is 2.48 bits per heavy atom. The maximum atomic E-state index is 11.8. The predicted octanol–water partition coefficient (Wildman–Crippen LogP) is 3.78. The van der Waals surface area contributed by atoms with Crippen molar-refractivity contribution in [2.45, 2.75) is 0 Å². The van der Waals surface area contributed by atoms with E-state index >= 15 is 0 Å². The summed E-state index contributed by atoms with van der Waals surface area (Å²) in [6.07, 6.45) is 1.36. The molecule has 3 aromatic rings. The molecule has 1 aliphatic rings. The highest BCUT2D eigenvalue weighted by Gasteiger charge is 2.22. The first-order chi connectivity index (χ1) is 13.2. The number of nitrogens with zero attached hydrogens (tertiary/aromatic N) is 4. The van der Waals surface area contributed by atoms with Crippen LogP contribution < -0.4 is 4.90 Å². The molecule has 1 aliphatic heterocycles. The fourth-order valence-corrected chi connectivity index (χ4v) is 3.47. The molecule has 0 saturated carbocycles. The van der Waals surface area contributed by atoms with Gasteiger partial charge >= 0.3 is 0 Å². The van der Waals surface area contributed by atoms with Gasteiger partial charge in [0.05, 0.1) is 11.2 Å². The molecule has 2 heterocycles. The average molecular weight is 379 g/mol. The van der Waals surface area contributed by atoms with Crippen molar-refractivity contribution in [3.63, 3.8) is 0 Å². The molecule has 0 unspecified atom stereocenters. The van der Waals surface area contributed by atoms with E-state index in [-0.39, 0.29) is 5.91 Å². The number of halogens is 1. The third-order valence-electron chi connectivity index (χ3n) is 4.74. The molecule has 136 valence electrons. The minimum absolute atomic E-state index is 0.0363. The van der Waals surface area contributed by atoms with Gasteiger partial charge in [-0.2, -0.15) is 0 Å². The van der Waals surface area contributed by atoms with E-state index in [1.807, 2.05) is 48.5 Å². The molecule has 5 nitrogen and oxygen atoms in total. The lowest BCUT2D eigenvalue weighted by Gasteiger charge is -2.34. The number of piperazine rings is 1. The molecule has 1 fully saturated rings. The molecule has 0 radical (unpaired) electrons. The fraction of sp³-hybridized carbons (Fsp3) is 0.190. The van der Waals surface area contributed by atoms with Gasteiger partial charge in [0, 0.05) is 42.2 Å². The first kappa shape index (κ1) is 17.5. The van der Waals surface area contributed by atoms with Crippen LogP contribution in [0.4, 0.5) is 5.95 Å². The Labute approximate surface area is 162 Å². The molecule has 6 heteroatoms. The summed E-state index contributed by atoms with van der Waals surface area (Å²) in [5.41, 5.74) is 2.74. The maximum Gasteiger partial charge on any atom is 0.246 e. The molecule has 1 saturated heterocycles. The lowest BCUT2D eigenvalue weighted by molar-refractivity contribution is -0.126. The molecular weight excluding hydrogens is 360 g/mol. The molecule has 2 aromatic carbocycles. The molecule has 0 atom stereocenters. The van der Waals surface area contributed by atoms with Gasteiger partial charge in [0.25, 0.3) is 0 Å². The SMILES string of the molecule is C=CC(=O)N1CCN(c2nc(-c3ccccc3)c3ccc(Cl)cc3n2)CC1. The fourth-order valence-electron chi connectivity index (χ4n) is 3.30. The zero-order valence-electron chi connectivity index (χ0n) is 14.8. The van der Waals surface area contributed by atoms with Crippen molar-refractivity contribution in [3.8, 4) is 11.3 Å². The van der Waals surface area contributed by atoms with Gasteiger partial charge in [0.2, 0.25) is 11.9 Å². The van der Waals surface area contributed by atoms with E-state index in [0.29, 0.717) is 37.1 Å². The van der Waals surface area contributed by atoms with Crippen LogP contribution in [0.3, 0.4) is 0 Å². The van der Waals surface area contributed by atoms with Crippen LogP contribution >= 0.6 is 11.6 Å². The van der Waals surface area contributed by atoms with Gasteiger partial charge < -0.3 is 9.80 Å². The highest BCUT2D eigenvalue weighted by Crippen LogP contribution is 2.30. The Morgan fingerprint density at radius 1 is 1.04 bits per heavy atom. The van der Waals surface area contributed by atoms with Crippen molar-refractivity contribution in [2.24, 2.45) is 0 Å². The lowest BCUT2D eigenvalue weighted by atomic mass is 10.1. The lowest BCUT2D eigenvalue weighted by Crippen LogP contribution is -2.48.